The first-order valence-corrected chi connectivity index (χ1v) is 14.3. The molecule has 1 saturated heterocycles. The number of carbonyl (C=O) groups is 2. The number of fused-ring (bicyclic) bond motifs is 1. The molecule has 0 saturated carbocycles. The Morgan fingerprint density at radius 2 is 1.77 bits per heavy atom. The summed E-state index contributed by atoms with van der Waals surface area (Å²) in [4.78, 5) is 29.2. The third-order valence-electron chi connectivity index (χ3n) is 7.47. The van der Waals surface area contributed by atoms with Crippen molar-refractivity contribution in [1.29, 1.82) is 0 Å². The van der Waals surface area contributed by atoms with E-state index in [1.165, 1.54) is 12.1 Å². The molecule has 2 heterocycles. The van der Waals surface area contributed by atoms with E-state index in [9.17, 15) is 9.59 Å². The van der Waals surface area contributed by atoms with Crippen LogP contribution in [0.4, 0.5) is 10.1 Å². The van der Waals surface area contributed by atoms with Crippen molar-refractivity contribution in [3.63, 3.8) is 0 Å². The minimum absolute atomic E-state index is 0.0227. The molecule has 0 aliphatic carbocycles. The van der Waals surface area contributed by atoms with E-state index in [1.807, 2.05) is 37.3 Å². The number of piperidine rings is 1. The number of hydrogen-bond donors (Lipinski definition) is 3. The van der Waals surface area contributed by atoms with Crippen molar-refractivity contribution in [2.75, 3.05) is 38.7 Å². The molecule has 1 aliphatic rings. The van der Waals surface area contributed by atoms with Gasteiger partial charge in [0, 0.05) is 35.9 Å². The lowest BCUT2D eigenvalue weighted by atomic mass is 9.99. The van der Waals surface area contributed by atoms with Gasteiger partial charge in [0.2, 0.25) is 0 Å². The fraction of sp³-hybridized carbons (Fsp3) is 0.303. The van der Waals surface area contributed by atoms with Crippen molar-refractivity contribution in [1.82, 2.24) is 15.6 Å². The molecule has 5 rings (SSSR count). The summed E-state index contributed by atoms with van der Waals surface area (Å²) in [6, 6.07) is 18.8. The van der Waals surface area contributed by atoms with E-state index in [-0.39, 0.29) is 23.9 Å². The van der Waals surface area contributed by atoms with Crippen LogP contribution in [0.2, 0.25) is 0 Å². The number of aromatic nitrogens is 1. The van der Waals surface area contributed by atoms with Gasteiger partial charge in [-0.2, -0.15) is 0 Å². The normalized spacial score (nSPS) is 14.1. The van der Waals surface area contributed by atoms with Gasteiger partial charge in [-0.3, -0.25) is 14.6 Å². The van der Waals surface area contributed by atoms with Gasteiger partial charge in [0.1, 0.15) is 5.75 Å². The fourth-order valence-corrected chi connectivity index (χ4v) is 4.94. The highest BCUT2D eigenvalue weighted by atomic mass is 19.1. The highest BCUT2D eigenvalue weighted by Gasteiger charge is 2.19. The Hall–Kier alpha value is -4.70. The van der Waals surface area contributed by atoms with Crippen LogP contribution in [-0.2, 0) is 9.59 Å². The van der Waals surface area contributed by atoms with Gasteiger partial charge < -0.3 is 30.2 Å². The van der Waals surface area contributed by atoms with Crippen molar-refractivity contribution in [3.05, 3.63) is 84.3 Å². The van der Waals surface area contributed by atoms with Crippen LogP contribution in [0, 0.1) is 11.7 Å². The van der Waals surface area contributed by atoms with Crippen molar-refractivity contribution < 1.29 is 28.2 Å². The van der Waals surface area contributed by atoms with E-state index in [2.05, 4.69) is 20.9 Å². The predicted octanol–water partition coefficient (Wildman–Crippen LogP) is 5.41. The Bertz CT molecular complexity index is 1580. The third-order valence-corrected chi connectivity index (χ3v) is 7.47. The molecular weight excluding hydrogens is 551 g/mol. The predicted molar refractivity (Wildman–Crippen MR) is 162 cm³/mol. The minimum Gasteiger partial charge on any atom is -0.493 e. The highest BCUT2D eigenvalue weighted by molar-refractivity contribution is 6.39. The largest absolute Gasteiger partial charge is 0.493 e. The van der Waals surface area contributed by atoms with E-state index in [1.54, 1.807) is 31.5 Å². The second-order valence-electron chi connectivity index (χ2n) is 10.6. The molecule has 1 atom stereocenters. The minimum atomic E-state index is -0.890. The third kappa shape index (κ3) is 7.58. The van der Waals surface area contributed by atoms with Gasteiger partial charge in [-0.25, -0.2) is 4.39 Å². The lowest BCUT2D eigenvalue weighted by Gasteiger charge is -2.23. The number of rotatable bonds is 10. The van der Waals surface area contributed by atoms with Crippen molar-refractivity contribution in [3.8, 4) is 23.0 Å². The first kappa shape index (κ1) is 29.8. The first-order chi connectivity index (χ1) is 20.9. The monoisotopic (exact) mass is 586 g/mol. The van der Waals surface area contributed by atoms with Crippen LogP contribution in [-0.4, -0.2) is 50.1 Å². The first-order valence-electron chi connectivity index (χ1n) is 14.3. The van der Waals surface area contributed by atoms with Crippen LogP contribution < -0.4 is 30.2 Å². The zero-order chi connectivity index (χ0) is 30.2. The molecule has 10 heteroatoms. The number of methoxy groups -OCH3 is 1. The van der Waals surface area contributed by atoms with Crippen LogP contribution in [0.25, 0.3) is 10.9 Å². The molecule has 3 N–H and O–H groups in total. The van der Waals surface area contributed by atoms with Crippen LogP contribution >= 0.6 is 0 Å². The molecule has 0 bridgehead atoms. The van der Waals surface area contributed by atoms with Crippen molar-refractivity contribution >= 4 is 28.4 Å². The summed E-state index contributed by atoms with van der Waals surface area (Å²) in [7, 11) is 1.56. The highest BCUT2D eigenvalue weighted by Crippen LogP contribution is 2.38. The molecule has 2 amide bonds. The smallest absolute Gasteiger partial charge is 0.313 e. The number of nitrogens with zero attached hydrogens (tertiary/aromatic N) is 1. The van der Waals surface area contributed by atoms with Gasteiger partial charge in [-0.15, -0.1) is 0 Å². The van der Waals surface area contributed by atoms with Gasteiger partial charge in [-0.05, 0) is 67.6 Å². The molecule has 1 unspecified atom stereocenters. The van der Waals surface area contributed by atoms with E-state index in [4.69, 9.17) is 14.2 Å². The molecule has 43 heavy (non-hydrogen) atoms. The molecule has 0 spiro atoms. The number of carbonyl (C=O) groups excluding carboxylic acids is 2. The molecular formula is C33H35FN4O5. The van der Waals surface area contributed by atoms with Gasteiger partial charge in [0.15, 0.2) is 23.1 Å². The van der Waals surface area contributed by atoms with Crippen molar-refractivity contribution in [2.45, 2.75) is 25.7 Å². The summed E-state index contributed by atoms with van der Waals surface area (Å²) in [5, 5.41) is 9.02. The van der Waals surface area contributed by atoms with Crippen LogP contribution in [0.5, 0.6) is 23.0 Å². The lowest BCUT2D eigenvalue weighted by Crippen LogP contribution is -2.37. The summed E-state index contributed by atoms with van der Waals surface area (Å²) >= 11 is 0. The number of benzene rings is 3. The SMILES string of the molecule is COc1cc2c(Oc3ccc(NC(=O)C(=O)NCC(C)c4ccccc4)cc3F)ccnc2cc1OCC1CCNCC1. The van der Waals surface area contributed by atoms with Crippen LogP contribution in [0.3, 0.4) is 0 Å². The molecule has 4 aromatic rings. The molecule has 1 aromatic heterocycles. The van der Waals surface area contributed by atoms with Gasteiger partial charge in [0.25, 0.3) is 0 Å². The number of halogens is 1. The number of nitrogens with one attached hydrogen (secondary N) is 3. The zero-order valence-corrected chi connectivity index (χ0v) is 24.2. The van der Waals surface area contributed by atoms with Crippen molar-refractivity contribution in [2.24, 2.45) is 5.92 Å². The number of anilines is 1. The molecule has 1 aliphatic heterocycles. The number of ether oxygens (including phenoxy) is 3. The fourth-order valence-electron chi connectivity index (χ4n) is 4.94. The Morgan fingerprint density at radius 1 is 0.977 bits per heavy atom. The topological polar surface area (TPSA) is 111 Å². The Balaban J connectivity index is 1.23. The van der Waals surface area contributed by atoms with E-state index >= 15 is 4.39 Å². The lowest BCUT2D eigenvalue weighted by molar-refractivity contribution is -0.136. The molecule has 224 valence electrons. The summed E-state index contributed by atoms with van der Waals surface area (Å²) in [5.74, 6) is -0.495. The standard InChI is InChI=1S/C33H35FN4O5/c1-21(23-6-4-3-5-7-23)19-37-32(39)33(40)38-24-8-9-29(26(34)16-24)43-28-12-15-36-27-18-31(30(41-2)17-25(27)28)42-20-22-10-13-35-14-11-22/h3-9,12,15-18,21-22,35H,10-11,13-14,19-20H2,1-2H3,(H,37,39)(H,38,40). The molecule has 1 fully saturated rings. The van der Waals surface area contributed by atoms with E-state index < -0.39 is 17.6 Å². The zero-order valence-electron chi connectivity index (χ0n) is 24.2. The van der Waals surface area contributed by atoms with E-state index in [0.29, 0.717) is 40.7 Å². The Morgan fingerprint density at radius 3 is 2.51 bits per heavy atom. The molecule has 3 aromatic carbocycles. The maximum absolute atomic E-state index is 15.1. The summed E-state index contributed by atoms with van der Waals surface area (Å²) in [6.07, 6.45) is 3.69. The average molecular weight is 587 g/mol. The van der Waals surface area contributed by atoms with E-state index in [0.717, 1.165) is 37.6 Å². The number of pyridine rings is 1. The van der Waals surface area contributed by atoms with Crippen LogP contribution in [0.15, 0.2) is 72.9 Å². The molecule has 9 nitrogen and oxygen atoms in total. The Kier molecular flexibility index (Phi) is 9.68. The number of amides is 2. The summed E-state index contributed by atoms with van der Waals surface area (Å²) < 4.78 is 32.7. The van der Waals surface area contributed by atoms with Gasteiger partial charge in [-0.1, -0.05) is 37.3 Å². The second-order valence-corrected chi connectivity index (χ2v) is 10.6. The maximum Gasteiger partial charge on any atom is 0.313 e. The maximum atomic E-state index is 15.1. The number of hydrogen-bond acceptors (Lipinski definition) is 7. The van der Waals surface area contributed by atoms with Gasteiger partial charge in [0.05, 0.1) is 19.2 Å². The summed E-state index contributed by atoms with van der Waals surface area (Å²) in [5.41, 5.74) is 1.77. The Labute approximate surface area is 249 Å². The average Bonchev–Trinajstić information content (AvgIpc) is 3.04. The second kappa shape index (κ2) is 14.0. The van der Waals surface area contributed by atoms with Gasteiger partial charge >= 0.3 is 11.8 Å². The molecule has 0 radical (unpaired) electrons. The van der Waals surface area contributed by atoms with Crippen LogP contribution in [0.1, 0.15) is 31.2 Å². The quantitative estimate of drug-likeness (QED) is 0.213. The summed E-state index contributed by atoms with van der Waals surface area (Å²) in [6.45, 7) is 4.79.